The first kappa shape index (κ1) is 17.0. The molecule has 0 radical (unpaired) electrons. The molecule has 114 valence electrons. The Hall–Kier alpha value is -1.05. The van der Waals surface area contributed by atoms with E-state index >= 15 is 0 Å². The first-order valence-electron chi connectivity index (χ1n) is 6.24. The van der Waals surface area contributed by atoms with E-state index in [2.05, 4.69) is 5.32 Å². The third-order valence-electron chi connectivity index (χ3n) is 2.86. The fourth-order valence-electron chi connectivity index (χ4n) is 1.73. The van der Waals surface area contributed by atoms with Gasteiger partial charge in [-0.1, -0.05) is 0 Å². The van der Waals surface area contributed by atoms with Crippen LogP contribution in [0.15, 0.2) is 17.2 Å². The fraction of sp³-hybridized carbons (Fsp3) is 0.583. The maximum absolute atomic E-state index is 12.1. The van der Waals surface area contributed by atoms with E-state index in [1.165, 1.54) is 12.3 Å². The predicted octanol–water partition coefficient (Wildman–Crippen LogP) is 1.59. The van der Waals surface area contributed by atoms with Crippen molar-refractivity contribution < 1.29 is 17.9 Å². The van der Waals surface area contributed by atoms with Crippen LogP contribution in [-0.2, 0) is 20.3 Å². The number of ether oxygens (including phenoxy) is 1. The van der Waals surface area contributed by atoms with Crippen LogP contribution in [0.3, 0.4) is 0 Å². The number of aryl methyl sites for hydroxylation is 1. The number of hydrogen-bond donors (Lipinski definition) is 1. The third kappa shape index (κ3) is 4.50. The zero-order chi connectivity index (χ0) is 15.3. The van der Waals surface area contributed by atoms with Crippen LogP contribution in [0.25, 0.3) is 0 Å². The summed E-state index contributed by atoms with van der Waals surface area (Å²) in [6.45, 7) is 4.68. The molecule has 0 fully saturated rings. The van der Waals surface area contributed by atoms with Gasteiger partial charge in [0.15, 0.2) is 0 Å². The molecular formula is C12H19ClN2O4S. The van der Waals surface area contributed by atoms with Gasteiger partial charge >= 0.3 is 0 Å². The molecule has 0 spiro atoms. The summed E-state index contributed by atoms with van der Waals surface area (Å²) in [5.41, 5.74) is 0.274. The molecule has 0 aliphatic rings. The Balaban J connectivity index is 2.90. The van der Waals surface area contributed by atoms with Crippen LogP contribution in [-0.4, -0.2) is 38.7 Å². The molecule has 1 atom stereocenters. The highest BCUT2D eigenvalue weighted by Gasteiger charge is 2.20. The van der Waals surface area contributed by atoms with E-state index in [9.17, 15) is 13.2 Å². The molecule has 0 saturated carbocycles. The van der Waals surface area contributed by atoms with Gasteiger partial charge in [0, 0.05) is 43.2 Å². The Bertz CT molecular complexity index is 568. The molecule has 0 aromatic carbocycles. The van der Waals surface area contributed by atoms with Gasteiger partial charge in [0.1, 0.15) is 10.6 Å². The molecule has 1 aromatic heterocycles. The number of aromatic nitrogens is 1. The fourth-order valence-corrected chi connectivity index (χ4v) is 2.49. The van der Waals surface area contributed by atoms with Gasteiger partial charge in [-0.05, 0) is 26.3 Å². The molecule has 1 heterocycles. The van der Waals surface area contributed by atoms with Crippen molar-refractivity contribution >= 4 is 25.6 Å². The first-order chi connectivity index (χ1) is 9.29. The van der Waals surface area contributed by atoms with E-state index in [1.807, 2.05) is 13.8 Å². The highest BCUT2D eigenvalue weighted by atomic mass is 35.7. The van der Waals surface area contributed by atoms with Crippen molar-refractivity contribution in [2.24, 2.45) is 0 Å². The van der Waals surface area contributed by atoms with Crippen molar-refractivity contribution in [3.8, 4) is 0 Å². The highest BCUT2D eigenvalue weighted by Crippen LogP contribution is 2.18. The molecule has 8 heteroatoms. The average molecular weight is 323 g/mol. The minimum absolute atomic E-state index is 0.0706. The largest absolute Gasteiger partial charge is 0.385 e. The van der Waals surface area contributed by atoms with Crippen molar-refractivity contribution in [1.82, 2.24) is 9.88 Å². The summed E-state index contributed by atoms with van der Waals surface area (Å²) in [4.78, 5) is 12.1. The second-order valence-corrected chi connectivity index (χ2v) is 7.01. The molecule has 1 unspecified atom stereocenters. The number of hydrogen-bond acceptors (Lipinski definition) is 4. The molecule has 1 rings (SSSR count). The second-order valence-electron chi connectivity index (χ2n) is 4.44. The lowest BCUT2D eigenvalue weighted by Crippen LogP contribution is -2.34. The van der Waals surface area contributed by atoms with Crippen LogP contribution in [0.5, 0.6) is 0 Å². The van der Waals surface area contributed by atoms with Gasteiger partial charge in [-0.25, -0.2) is 8.42 Å². The molecule has 0 saturated heterocycles. The van der Waals surface area contributed by atoms with Gasteiger partial charge in [-0.2, -0.15) is 0 Å². The van der Waals surface area contributed by atoms with Gasteiger partial charge in [0.25, 0.3) is 15.0 Å². The third-order valence-corrected chi connectivity index (χ3v) is 4.18. The van der Waals surface area contributed by atoms with E-state index in [-0.39, 0.29) is 22.5 Å². The molecule has 20 heavy (non-hydrogen) atoms. The number of rotatable bonds is 7. The lowest BCUT2D eigenvalue weighted by molar-refractivity contribution is 0.0920. The molecule has 0 aliphatic heterocycles. The van der Waals surface area contributed by atoms with E-state index < -0.39 is 9.05 Å². The Morgan fingerprint density at radius 2 is 2.20 bits per heavy atom. The molecule has 6 nitrogen and oxygen atoms in total. The maximum Gasteiger partial charge on any atom is 0.268 e. The number of nitrogens with one attached hydrogen (secondary N) is 1. The van der Waals surface area contributed by atoms with Crippen molar-refractivity contribution in [1.29, 1.82) is 0 Å². The monoisotopic (exact) mass is 322 g/mol. The van der Waals surface area contributed by atoms with Gasteiger partial charge < -0.3 is 14.6 Å². The summed E-state index contributed by atoms with van der Waals surface area (Å²) < 4.78 is 29.1. The SMILES string of the molecule is CCn1cc(S(=O)(=O)Cl)cc1C(=O)NC(C)CCOC. The van der Waals surface area contributed by atoms with Crippen LogP contribution in [0.1, 0.15) is 30.8 Å². The lowest BCUT2D eigenvalue weighted by atomic mass is 10.2. The first-order valence-corrected chi connectivity index (χ1v) is 8.55. The van der Waals surface area contributed by atoms with Crippen molar-refractivity contribution in [2.75, 3.05) is 13.7 Å². The van der Waals surface area contributed by atoms with Crippen molar-refractivity contribution in [3.63, 3.8) is 0 Å². The van der Waals surface area contributed by atoms with Crippen molar-refractivity contribution in [3.05, 3.63) is 18.0 Å². The van der Waals surface area contributed by atoms with Gasteiger partial charge in [0.2, 0.25) is 0 Å². The summed E-state index contributed by atoms with van der Waals surface area (Å²) in [6, 6.07) is 1.21. The summed E-state index contributed by atoms with van der Waals surface area (Å²) in [7, 11) is 3.04. The minimum atomic E-state index is -3.84. The van der Waals surface area contributed by atoms with Crippen LogP contribution < -0.4 is 5.32 Å². The molecule has 1 amide bonds. The highest BCUT2D eigenvalue weighted by molar-refractivity contribution is 8.13. The minimum Gasteiger partial charge on any atom is -0.385 e. The molecule has 1 aromatic rings. The van der Waals surface area contributed by atoms with Crippen LogP contribution >= 0.6 is 10.7 Å². The molecular weight excluding hydrogens is 304 g/mol. The van der Waals surface area contributed by atoms with E-state index in [1.54, 1.807) is 11.7 Å². The normalized spacial score (nSPS) is 13.2. The standard InChI is InChI=1S/C12H19ClN2O4S/c1-4-15-8-10(20(13,17)18)7-11(15)12(16)14-9(2)5-6-19-3/h7-9H,4-6H2,1-3H3,(H,14,16). The average Bonchev–Trinajstić information content (AvgIpc) is 2.80. The molecule has 0 bridgehead atoms. The number of nitrogens with zero attached hydrogens (tertiary/aromatic N) is 1. The Morgan fingerprint density at radius 1 is 1.55 bits per heavy atom. The maximum atomic E-state index is 12.1. The second kappa shape index (κ2) is 7.10. The topological polar surface area (TPSA) is 77.4 Å². The smallest absolute Gasteiger partial charge is 0.268 e. The van der Waals surface area contributed by atoms with E-state index in [0.717, 1.165) is 0 Å². The number of carbonyl (C=O) groups is 1. The zero-order valence-corrected chi connectivity index (χ0v) is 13.3. The number of methoxy groups -OCH3 is 1. The predicted molar refractivity (Wildman–Crippen MR) is 76.6 cm³/mol. The Kier molecular flexibility index (Phi) is 6.04. The number of halogens is 1. The number of amides is 1. The number of carbonyl (C=O) groups excluding carboxylic acids is 1. The summed E-state index contributed by atoms with van der Waals surface area (Å²) in [5, 5.41) is 2.79. The van der Waals surface area contributed by atoms with Crippen LogP contribution in [0, 0.1) is 0 Å². The zero-order valence-electron chi connectivity index (χ0n) is 11.7. The lowest BCUT2D eigenvalue weighted by Gasteiger charge is -2.14. The van der Waals surface area contributed by atoms with Gasteiger partial charge in [-0.3, -0.25) is 4.79 Å². The van der Waals surface area contributed by atoms with Gasteiger partial charge in [-0.15, -0.1) is 0 Å². The summed E-state index contributed by atoms with van der Waals surface area (Å²) in [5.74, 6) is -0.331. The van der Waals surface area contributed by atoms with Gasteiger partial charge in [0.05, 0.1) is 0 Å². The summed E-state index contributed by atoms with van der Waals surface area (Å²) in [6.07, 6.45) is 2.03. The molecule has 1 N–H and O–H groups in total. The van der Waals surface area contributed by atoms with E-state index in [0.29, 0.717) is 19.6 Å². The Morgan fingerprint density at radius 3 is 2.70 bits per heavy atom. The Labute approximate surface area is 123 Å². The summed E-state index contributed by atoms with van der Waals surface area (Å²) >= 11 is 0. The molecule has 0 aliphatic carbocycles. The van der Waals surface area contributed by atoms with Crippen LogP contribution in [0.2, 0.25) is 0 Å². The van der Waals surface area contributed by atoms with Crippen molar-refractivity contribution in [2.45, 2.75) is 37.8 Å². The van der Waals surface area contributed by atoms with Crippen LogP contribution in [0.4, 0.5) is 0 Å². The van der Waals surface area contributed by atoms with E-state index in [4.69, 9.17) is 15.4 Å². The quantitative estimate of drug-likeness (QED) is 0.773.